The fourth-order valence-electron chi connectivity index (χ4n) is 1.23. The maximum Gasteiger partial charge on any atom is 0.243 e. The maximum absolute atomic E-state index is 10.9. The fraction of sp³-hybridized carbons (Fsp3) is 0.308. The third-order valence-electron chi connectivity index (χ3n) is 2.18. The van der Waals surface area contributed by atoms with Gasteiger partial charge in [-0.2, -0.15) is 0 Å². The number of nitrogens with one attached hydrogen (secondary N) is 1. The molecule has 1 aromatic rings. The van der Waals surface area contributed by atoms with Crippen LogP contribution < -0.4 is 14.8 Å². The quantitative estimate of drug-likeness (QED) is 0.701. The summed E-state index contributed by atoms with van der Waals surface area (Å²) in [5.41, 5.74) is 0. The minimum absolute atomic E-state index is 0.0879. The molecule has 1 amide bonds. The number of carbonyl (C=O) groups is 1. The Bertz CT molecular complexity index is 406. The van der Waals surface area contributed by atoms with Crippen LogP contribution in [0.1, 0.15) is 0 Å². The number of amides is 1. The van der Waals surface area contributed by atoms with E-state index >= 15 is 0 Å². The van der Waals surface area contributed by atoms with Gasteiger partial charge in [-0.1, -0.05) is 12.6 Å². The average molecular weight is 251 g/mol. The van der Waals surface area contributed by atoms with E-state index in [4.69, 9.17) is 9.47 Å². The van der Waals surface area contributed by atoms with Gasteiger partial charge in [0.05, 0.1) is 7.11 Å². The second-order valence-electron chi connectivity index (χ2n) is 3.59. The van der Waals surface area contributed by atoms with Gasteiger partial charge in [0, 0.05) is 12.6 Å². The van der Waals surface area contributed by atoms with Crippen molar-refractivity contribution in [2.24, 2.45) is 0 Å². The zero-order chi connectivity index (χ0) is 13.4. The molecule has 5 heteroatoms. The highest BCUT2D eigenvalue weighted by atomic mass is 16.5. The van der Waals surface area contributed by atoms with Gasteiger partial charge in [0.2, 0.25) is 5.91 Å². The van der Waals surface area contributed by atoms with Crippen LogP contribution in [0.5, 0.6) is 11.5 Å². The number of aliphatic hydroxyl groups is 1. The number of carbonyl (C=O) groups excluding carboxylic acids is 1. The smallest absolute Gasteiger partial charge is 0.243 e. The van der Waals surface area contributed by atoms with Crippen molar-refractivity contribution < 1.29 is 19.4 Å². The molecule has 0 aliphatic heterocycles. The Morgan fingerprint density at radius 1 is 1.56 bits per heavy atom. The molecule has 98 valence electrons. The normalized spacial score (nSPS) is 11.4. The summed E-state index contributed by atoms with van der Waals surface area (Å²) in [5, 5.41) is 12.1. The summed E-state index contributed by atoms with van der Waals surface area (Å²) in [6, 6.07) is 7.07. The van der Waals surface area contributed by atoms with E-state index in [0.29, 0.717) is 11.5 Å². The van der Waals surface area contributed by atoms with E-state index in [1.807, 2.05) is 0 Å². The van der Waals surface area contributed by atoms with Gasteiger partial charge in [0.1, 0.15) is 24.2 Å². The van der Waals surface area contributed by atoms with Crippen molar-refractivity contribution in [2.75, 3.05) is 20.3 Å². The van der Waals surface area contributed by atoms with Crippen molar-refractivity contribution in [3.05, 3.63) is 36.9 Å². The summed E-state index contributed by atoms with van der Waals surface area (Å²) in [6.07, 6.45) is 0.371. The Morgan fingerprint density at radius 3 is 2.94 bits per heavy atom. The molecule has 0 aliphatic carbocycles. The highest BCUT2D eigenvalue weighted by Gasteiger charge is 2.06. The molecule has 0 aliphatic rings. The number of methoxy groups -OCH3 is 1. The molecule has 0 radical (unpaired) electrons. The van der Waals surface area contributed by atoms with E-state index < -0.39 is 6.10 Å². The molecule has 18 heavy (non-hydrogen) atoms. The van der Waals surface area contributed by atoms with Gasteiger partial charge in [-0.05, 0) is 18.2 Å². The zero-order valence-corrected chi connectivity index (χ0v) is 10.3. The standard InChI is InChI=1S/C13H17NO4/c1-3-13(16)14-8-10(15)9-18-12-6-4-5-11(7-12)17-2/h3-7,10,15H,1,8-9H2,2H3,(H,14,16). The van der Waals surface area contributed by atoms with E-state index in [-0.39, 0.29) is 19.1 Å². The van der Waals surface area contributed by atoms with Gasteiger partial charge in [-0.25, -0.2) is 0 Å². The third kappa shape index (κ3) is 4.88. The van der Waals surface area contributed by atoms with E-state index in [1.54, 1.807) is 31.4 Å². The van der Waals surface area contributed by atoms with Crippen molar-refractivity contribution in [2.45, 2.75) is 6.10 Å². The van der Waals surface area contributed by atoms with E-state index in [1.165, 1.54) is 0 Å². The lowest BCUT2D eigenvalue weighted by molar-refractivity contribution is -0.117. The van der Waals surface area contributed by atoms with Gasteiger partial charge in [0.15, 0.2) is 0 Å². The predicted molar refractivity (Wildman–Crippen MR) is 67.7 cm³/mol. The molecule has 5 nitrogen and oxygen atoms in total. The first-order valence-electron chi connectivity index (χ1n) is 5.51. The molecule has 0 saturated carbocycles. The van der Waals surface area contributed by atoms with Crippen molar-refractivity contribution in [3.63, 3.8) is 0 Å². The summed E-state index contributed by atoms with van der Waals surface area (Å²) in [5.74, 6) is 0.959. The number of hydrogen-bond donors (Lipinski definition) is 2. The van der Waals surface area contributed by atoms with Crippen LogP contribution >= 0.6 is 0 Å². The predicted octanol–water partition coefficient (Wildman–Crippen LogP) is 0.737. The molecule has 0 saturated heterocycles. The summed E-state index contributed by atoms with van der Waals surface area (Å²) < 4.78 is 10.4. The van der Waals surface area contributed by atoms with Crippen molar-refractivity contribution >= 4 is 5.91 Å². The van der Waals surface area contributed by atoms with Gasteiger partial charge in [0.25, 0.3) is 0 Å². The molecule has 1 atom stereocenters. The lowest BCUT2D eigenvalue weighted by Crippen LogP contribution is -2.34. The Hall–Kier alpha value is -2.01. The van der Waals surface area contributed by atoms with Crippen molar-refractivity contribution in [1.82, 2.24) is 5.32 Å². The number of ether oxygens (including phenoxy) is 2. The first kappa shape index (κ1) is 14.1. The number of rotatable bonds is 7. The first-order chi connectivity index (χ1) is 8.65. The molecule has 0 aromatic heterocycles. The van der Waals surface area contributed by atoms with Crippen LogP contribution in [0.4, 0.5) is 0 Å². The largest absolute Gasteiger partial charge is 0.497 e. The number of hydrogen-bond acceptors (Lipinski definition) is 4. The molecule has 0 fully saturated rings. The highest BCUT2D eigenvalue weighted by Crippen LogP contribution is 2.18. The van der Waals surface area contributed by atoms with Crippen molar-refractivity contribution in [1.29, 1.82) is 0 Å². The van der Waals surface area contributed by atoms with Gasteiger partial charge in [-0.15, -0.1) is 0 Å². The van der Waals surface area contributed by atoms with E-state index in [9.17, 15) is 9.90 Å². The lowest BCUT2D eigenvalue weighted by atomic mass is 10.3. The molecule has 1 rings (SSSR count). The Balaban J connectivity index is 2.35. The average Bonchev–Trinajstić information content (AvgIpc) is 2.42. The van der Waals surface area contributed by atoms with Crippen LogP contribution in [0.2, 0.25) is 0 Å². The topological polar surface area (TPSA) is 67.8 Å². The second-order valence-corrected chi connectivity index (χ2v) is 3.59. The van der Waals surface area contributed by atoms with E-state index in [0.717, 1.165) is 6.08 Å². The molecular weight excluding hydrogens is 234 g/mol. The van der Waals surface area contributed by atoms with Crippen LogP contribution in [0, 0.1) is 0 Å². The summed E-state index contributed by atoms with van der Waals surface area (Å²) in [6.45, 7) is 3.52. The van der Waals surface area contributed by atoms with Gasteiger partial charge < -0.3 is 19.9 Å². The Labute approximate surface area is 106 Å². The molecule has 1 unspecified atom stereocenters. The molecule has 0 heterocycles. The minimum Gasteiger partial charge on any atom is -0.497 e. The van der Waals surface area contributed by atoms with Crippen LogP contribution in [-0.2, 0) is 4.79 Å². The molecular formula is C13H17NO4. The van der Waals surface area contributed by atoms with Gasteiger partial charge in [-0.3, -0.25) is 4.79 Å². The summed E-state index contributed by atoms with van der Waals surface area (Å²) >= 11 is 0. The van der Waals surface area contributed by atoms with Crippen LogP contribution in [0.15, 0.2) is 36.9 Å². The molecule has 0 bridgehead atoms. The second kappa shape index (κ2) is 7.34. The SMILES string of the molecule is C=CC(=O)NCC(O)COc1cccc(OC)c1. The van der Waals surface area contributed by atoms with E-state index in [2.05, 4.69) is 11.9 Å². The van der Waals surface area contributed by atoms with Gasteiger partial charge >= 0.3 is 0 Å². The van der Waals surface area contributed by atoms with Crippen LogP contribution in [0.25, 0.3) is 0 Å². The fourth-order valence-corrected chi connectivity index (χ4v) is 1.23. The number of benzene rings is 1. The Kier molecular flexibility index (Phi) is 5.73. The number of aliphatic hydroxyl groups excluding tert-OH is 1. The molecule has 1 aromatic carbocycles. The maximum atomic E-state index is 10.9. The van der Waals surface area contributed by atoms with Crippen LogP contribution in [-0.4, -0.2) is 37.4 Å². The highest BCUT2D eigenvalue weighted by molar-refractivity contribution is 5.86. The Morgan fingerprint density at radius 2 is 2.28 bits per heavy atom. The van der Waals surface area contributed by atoms with Crippen molar-refractivity contribution in [3.8, 4) is 11.5 Å². The lowest BCUT2D eigenvalue weighted by Gasteiger charge is -2.13. The minimum atomic E-state index is -0.778. The molecule has 0 spiro atoms. The molecule has 2 N–H and O–H groups in total. The summed E-state index contributed by atoms with van der Waals surface area (Å²) in [4.78, 5) is 10.9. The zero-order valence-electron chi connectivity index (χ0n) is 10.3. The first-order valence-corrected chi connectivity index (χ1v) is 5.51. The van der Waals surface area contributed by atoms with Crippen LogP contribution in [0.3, 0.4) is 0 Å². The third-order valence-corrected chi connectivity index (χ3v) is 2.18. The monoisotopic (exact) mass is 251 g/mol. The summed E-state index contributed by atoms with van der Waals surface area (Å²) in [7, 11) is 1.57.